The van der Waals surface area contributed by atoms with Crippen LogP contribution in [-0.2, 0) is 19.4 Å². The fourth-order valence-electron chi connectivity index (χ4n) is 2.28. The van der Waals surface area contributed by atoms with Crippen LogP contribution in [0.4, 0.5) is 0 Å². The van der Waals surface area contributed by atoms with E-state index in [-0.39, 0.29) is 6.61 Å². The van der Waals surface area contributed by atoms with Gasteiger partial charge in [-0.2, -0.15) is 0 Å². The quantitative estimate of drug-likeness (QED) is 0.872. The number of benzene rings is 1. The lowest BCUT2D eigenvalue weighted by atomic mass is 10.0. The Morgan fingerprint density at radius 2 is 1.84 bits per heavy atom. The number of aliphatic hydroxyl groups is 1. The summed E-state index contributed by atoms with van der Waals surface area (Å²) in [6, 6.07) is 4.45. The van der Waals surface area contributed by atoms with Gasteiger partial charge >= 0.3 is 0 Å². The van der Waals surface area contributed by atoms with Gasteiger partial charge in [-0.25, -0.2) is 4.98 Å². The average Bonchev–Trinajstić information content (AvgIpc) is 2.69. The molecule has 0 aliphatic carbocycles. The van der Waals surface area contributed by atoms with Crippen LogP contribution in [0.15, 0.2) is 23.5 Å². The van der Waals surface area contributed by atoms with Crippen LogP contribution in [0.3, 0.4) is 0 Å². The molecule has 1 heterocycles. The van der Waals surface area contributed by atoms with E-state index in [4.69, 9.17) is 5.11 Å². The summed E-state index contributed by atoms with van der Waals surface area (Å²) in [6.45, 7) is 6.48. The van der Waals surface area contributed by atoms with Gasteiger partial charge in [0.2, 0.25) is 0 Å². The molecule has 0 amide bonds. The van der Waals surface area contributed by atoms with Gasteiger partial charge in [0.1, 0.15) is 0 Å². The maximum absolute atomic E-state index is 9.17. The summed E-state index contributed by atoms with van der Waals surface area (Å²) in [7, 11) is 1.94. The highest BCUT2D eigenvalue weighted by molar-refractivity contribution is 7.98. The highest BCUT2D eigenvalue weighted by atomic mass is 32.2. The minimum atomic E-state index is 0.0344. The topological polar surface area (TPSA) is 38.1 Å². The van der Waals surface area contributed by atoms with E-state index in [0.717, 1.165) is 16.6 Å². The lowest BCUT2D eigenvalue weighted by Gasteiger charge is -2.11. The molecule has 1 aromatic carbocycles. The zero-order valence-corrected chi connectivity index (χ0v) is 12.7. The third kappa shape index (κ3) is 3.01. The van der Waals surface area contributed by atoms with Crippen LogP contribution in [0, 0.1) is 20.8 Å². The number of aromatic nitrogens is 2. The summed E-state index contributed by atoms with van der Waals surface area (Å²) in [6.07, 6.45) is 1.73. The Bertz CT molecular complexity index is 567. The highest BCUT2D eigenvalue weighted by Crippen LogP contribution is 2.26. The Hall–Kier alpha value is -1.26. The van der Waals surface area contributed by atoms with E-state index in [1.165, 1.54) is 22.3 Å². The molecule has 102 valence electrons. The molecule has 1 N–H and O–H groups in total. The Morgan fingerprint density at radius 3 is 2.37 bits per heavy atom. The normalized spacial score (nSPS) is 11.0. The van der Waals surface area contributed by atoms with Crippen molar-refractivity contribution in [3.63, 3.8) is 0 Å². The van der Waals surface area contributed by atoms with Gasteiger partial charge in [0, 0.05) is 12.8 Å². The molecule has 0 radical (unpaired) electrons. The standard InChI is InChI=1S/C15H20N2OS/c1-10-5-11(2)14(12(3)6-10)9-19-15-16-7-13(8-18)17(15)4/h5-7,18H,8-9H2,1-4H3. The minimum absolute atomic E-state index is 0.0344. The van der Waals surface area contributed by atoms with Crippen LogP contribution in [0.25, 0.3) is 0 Å². The number of hydrogen-bond acceptors (Lipinski definition) is 3. The van der Waals surface area contributed by atoms with Crippen LogP contribution >= 0.6 is 11.8 Å². The highest BCUT2D eigenvalue weighted by Gasteiger charge is 2.09. The molecule has 0 aliphatic heterocycles. The first-order valence-corrected chi connectivity index (χ1v) is 7.32. The molecule has 0 bridgehead atoms. The van der Waals surface area contributed by atoms with Crippen molar-refractivity contribution in [3.05, 3.63) is 46.3 Å². The second kappa shape index (κ2) is 5.80. The first kappa shape index (κ1) is 14.2. The van der Waals surface area contributed by atoms with Crippen LogP contribution in [-0.4, -0.2) is 14.7 Å². The Labute approximate surface area is 118 Å². The first-order valence-electron chi connectivity index (χ1n) is 6.34. The number of imidazole rings is 1. The van der Waals surface area contributed by atoms with E-state index >= 15 is 0 Å². The third-order valence-electron chi connectivity index (χ3n) is 3.39. The number of thioether (sulfide) groups is 1. The number of rotatable bonds is 4. The molecular formula is C15H20N2OS. The fraction of sp³-hybridized carbons (Fsp3) is 0.400. The van der Waals surface area contributed by atoms with Crippen molar-refractivity contribution in [1.29, 1.82) is 0 Å². The van der Waals surface area contributed by atoms with Crippen LogP contribution in [0.5, 0.6) is 0 Å². The van der Waals surface area contributed by atoms with Gasteiger partial charge in [0.05, 0.1) is 18.5 Å². The number of aryl methyl sites for hydroxylation is 3. The van der Waals surface area contributed by atoms with E-state index in [1.807, 2.05) is 11.6 Å². The molecular weight excluding hydrogens is 256 g/mol. The van der Waals surface area contributed by atoms with Gasteiger partial charge in [0.25, 0.3) is 0 Å². The molecule has 19 heavy (non-hydrogen) atoms. The van der Waals surface area contributed by atoms with Crippen molar-refractivity contribution in [2.75, 3.05) is 0 Å². The zero-order chi connectivity index (χ0) is 14.0. The fourth-order valence-corrected chi connectivity index (χ4v) is 3.45. The summed E-state index contributed by atoms with van der Waals surface area (Å²) in [5.74, 6) is 0.910. The summed E-state index contributed by atoms with van der Waals surface area (Å²) in [4.78, 5) is 4.34. The molecule has 3 nitrogen and oxygen atoms in total. The Balaban J connectivity index is 2.17. The molecule has 0 aliphatic rings. The number of hydrogen-bond donors (Lipinski definition) is 1. The van der Waals surface area contributed by atoms with Gasteiger partial charge < -0.3 is 9.67 Å². The molecule has 0 saturated heterocycles. The number of aliphatic hydroxyl groups excluding tert-OH is 1. The van der Waals surface area contributed by atoms with Crippen molar-refractivity contribution in [2.24, 2.45) is 7.05 Å². The van der Waals surface area contributed by atoms with Gasteiger partial charge in [-0.15, -0.1) is 0 Å². The monoisotopic (exact) mass is 276 g/mol. The molecule has 0 unspecified atom stereocenters. The second-order valence-corrected chi connectivity index (χ2v) is 5.86. The maximum atomic E-state index is 9.17. The van der Waals surface area contributed by atoms with Crippen molar-refractivity contribution >= 4 is 11.8 Å². The molecule has 0 fully saturated rings. The van der Waals surface area contributed by atoms with Crippen molar-refractivity contribution < 1.29 is 5.11 Å². The summed E-state index contributed by atoms with van der Waals surface area (Å²) in [5, 5.41) is 10.1. The predicted octanol–water partition coefficient (Wildman–Crippen LogP) is 3.13. The lowest BCUT2D eigenvalue weighted by Crippen LogP contribution is -1.98. The van der Waals surface area contributed by atoms with E-state index in [9.17, 15) is 0 Å². The molecule has 0 saturated carbocycles. The molecule has 0 spiro atoms. The number of nitrogens with zero attached hydrogens (tertiary/aromatic N) is 2. The van der Waals surface area contributed by atoms with Gasteiger partial charge in [-0.1, -0.05) is 29.5 Å². The van der Waals surface area contributed by atoms with Crippen molar-refractivity contribution in [2.45, 2.75) is 38.3 Å². The first-order chi connectivity index (χ1) is 9.02. The van der Waals surface area contributed by atoms with E-state index < -0.39 is 0 Å². The van der Waals surface area contributed by atoms with E-state index in [2.05, 4.69) is 37.9 Å². The Morgan fingerprint density at radius 1 is 1.21 bits per heavy atom. The molecule has 2 rings (SSSR count). The molecule has 4 heteroatoms. The third-order valence-corrected chi connectivity index (χ3v) is 4.46. The van der Waals surface area contributed by atoms with E-state index in [0.29, 0.717) is 0 Å². The Kier molecular flexibility index (Phi) is 4.32. The van der Waals surface area contributed by atoms with Crippen molar-refractivity contribution in [3.8, 4) is 0 Å². The molecule has 2 aromatic rings. The smallest absolute Gasteiger partial charge is 0.168 e. The summed E-state index contributed by atoms with van der Waals surface area (Å²) in [5.41, 5.74) is 6.20. The molecule has 1 aromatic heterocycles. The largest absolute Gasteiger partial charge is 0.390 e. The minimum Gasteiger partial charge on any atom is -0.390 e. The van der Waals surface area contributed by atoms with Gasteiger partial charge in [-0.3, -0.25) is 0 Å². The van der Waals surface area contributed by atoms with E-state index in [1.54, 1.807) is 18.0 Å². The second-order valence-electron chi connectivity index (χ2n) is 4.92. The van der Waals surface area contributed by atoms with Crippen LogP contribution in [0.2, 0.25) is 0 Å². The zero-order valence-electron chi connectivity index (χ0n) is 11.9. The predicted molar refractivity (Wildman–Crippen MR) is 79.3 cm³/mol. The lowest BCUT2D eigenvalue weighted by molar-refractivity contribution is 0.271. The SMILES string of the molecule is Cc1cc(C)c(CSc2ncc(CO)n2C)c(C)c1. The van der Waals surface area contributed by atoms with Crippen LogP contribution < -0.4 is 0 Å². The van der Waals surface area contributed by atoms with Gasteiger partial charge in [-0.05, 0) is 37.5 Å². The summed E-state index contributed by atoms with van der Waals surface area (Å²) >= 11 is 1.71. The molecule has 0 atom stereocenters. The van der Waals surface area contributed by atoms with Gasteiger partial charge in [0.15, 0.2) is 5.16 Å². The maximum Gasteiger partial charge on any atom is 0.168 e. The average molecular weight is 276 g/mol. The van der Waals surface area contributed by atoms with Crippen molar-refractivity contribution in [1.82, 2.24) is 9.55 Å². The van der Waals surface area contributed by atoms with Crippen LogP contribution in [0.1, 0.15) is 27.9 Å². The summed E-state index contributed by atoms with van der Waals surface area (Å²) < 4.78 is 1.95.